The molecule has 2 heterocycles. The first-order chi connectivity index (χ1) is 11.2. The Bertz CT molecular complexity index is 671. The van der Waals surface area contributed by atoms with E-state index in [9.17, 15) is 4.79 Å². The van der Waals surface area contributed by atoms with Crippen LogP contribution >= 0.6 is 0 Å². The number of rotatable bonds is 4. The average molecular weight is 309 g/mol. The summed E-state index contributed by atoms with van der Waals surface area (Å²) in [5.41, 5.74) is 1.82. The summed E-state index contributed by atoms with van der Waals surface area (Å²) in [6.45, 7) is 4.83. The van der Waals surface area contributed by atoms with Crippen molar-refractivity contribution < 1.29 is 4.79 Å². The molecular formula is C19H23N3O. The highest BCUT2D eigenvalue weighted by Gasteiger charge is 2.35. The number of hydrogen-bond donors (Lipinski definition) is 0. The predicted octanol–water partition coefficient (Wildman–Crippen LogP) is 3.58. The highest BCUT2D eigenvalue weighted by atomic mass is 16.2. The number of benzene rings is 1. The Kier molecular flexibility index (Phi) is 4.70. The van der Waals surface area contributed by atoms with Gasteiger partial charge in [0.25, 0.3) is 5.91 Å². The Hall–Kier alpha value is -2.23. The molecule has 0 aliphatic carbocycles. The molecule has 3 rings (SSSR count). The molecule has 4 heteroatoms. The third kappa shape index (κ3) is 3.26. The van der Waals surface area contributed by atoms with Gasteiger partial charge >= 0.3 is 0 Å². The fourth-order valence-electron chi connectivity index (χ4n) is 3.62. The third-order valence-corrected chi connectivity index (χ3v) is 4.69. The van der Waals surface area contributed by atoms with Gasteiger partial charge in [0.05, 0.1) is 0 Å². The zero-order valence-corrected chi connectivity index (χ0v) is 13.8. The molecule has 1 aromatic carbocycles. The Morgan fingerprint density at radius 1 is 1.30 bits per heavy atom. The first-order valence-electron chi connectivity index (χ1n) is 8.36. The lowest BCUT2D eigenvalue weighted by atomic mass is 9.87. The van der Waals surface area contributed by atoms with Crippen molar-refractivity contribution in [1.82, 2.24) is 14.9 Å². The predicted molar refractivity (Wildman–Crippen MR) is 90.3 cm³/mol. The van der Waals surface area contributed by atoms with Crippen molar-refractivity contribution in [1.29, 1.82) is 0 Å². The first-order valence-corrected chi connectivity index (χ1v) is 8.36. The highest BCUT2D eigenvalue weighted by molar-refractivity contribution is 5.92. The molecule has 2 atom stereocenters. The lowest BCUT2D eigenvalue weighted by Crippen LogP contribution is -2.39. The number of likely N-dealkylation sites (tertiary alicyclic amines) is 1. The molecule has 120 valence electrons. The van der Waals surface area contributed by atoms with E-state index in [0.29, 0.717) is 17.4 Å². The minimum Gasteiger partial charge on any atom is -0.334 e. The molecule has 1 amide bonds. The van der Waals surface area contributed by atoms with E-state index in [2.05, 4.69) is 41.2 Å². The first kappa shape index (κ1) is 15.7. The van der Waals surface area contributed by atoms with Crippen LogP contribution in [0.1, 0.15) is 54.0 Å². The Morgan fingerprint density at radius 3 is 2.78 bits per heavy atom. The van der Waals surface area contributed by atoms with Crippen molar-refractivity contribution in [2.45, 2.75) is 45.1 Å². The van der Waals surface area contributed by atoms with E-state index in [1.165, 1.54) is 5.56 Å². The van der Waals surface area contributed by atoms with Crippen molar-refractivity contribution in [2.24, 2.45) is 0 Å². The van der Waals surface area contributed by atoms with Crippen LogP contribution < -0.4 is 0 Å². The molecular weight excluding hydrogens is 286 g/mol. The van der Waals surface area contributed by atoms with Crippen LogP contribution in [0.5, 0.6) is 0 Å². The second-order valence-electron chi connectivity index (χ2n) is 6.12. The second kappa shape index (κ2) is 6.90. The van der Waals surface area contributed by atoms with Crippen LogP contribution in [-0.2, 0) is 0 Å². The van der Waals surface area contributed by atoms with Crippen LogP contribution in [-0.4, -0.2) is 33.4 Å². The van der Waals surface area contributed by atoms with Crippen LogP contribution in [0.15, 0.2) is 42.6 Å². The summed E-state index contributed by atoms with van der Waals surface area (Å²) in [7, 11) is 0. The van der Waals surface area contributed by atoms with Crippen LogP contribution in [0.25, 0.3) is 0 Å². The standard InChI is InChI=1S/C19H23N3O/c1-3-16(15-8-5-4-6-9-15)18-10-7-13-22(18)19(23)17-11-12-20-14(2)21-17/h4-6,8-9,11-12,16,18H,3,7,10,13H2,1-2H3/t16-,18-/m0/s1. The van der Waals surface area contributed by atoms with E-state index < -0.39 is 0 Å². The lowest BCUT2D eigenvalue weighted by molar-refractivity contribution is 0.0708. The van der Waals surface area contributed by atoms with Crippen LogP contribution in [0.3, 0.4) is 0 Å². The Morgan fingerprint density at radius 2 is 2.09 bits per heavy atom. The number of amides is 1. The van der Waals surface area contributed by atoms with E-state index in [4.69, 9.17) is 0 Å². The van der Waals surface area contributed by atoms with Crippen LogP contribution in [0, 0.1) is 6.92 Å². The van der Waals surface area contributed by atoms with E-state index in [-0.39, 0.29) is 11.9 Å². The van der Waals surface area contributed by atoms with E-state index in [1.54, 1.807) is 12.3 Å². The highest BCUT2D eigenvalue weighted by Crippen LogP contribution is 2.34. The van der Waals surface area contributed by atoms with Gasteiger partial charge in [-0.3, -0.25) is 4.79 Å². The summed E-state index contributed by atoms with van der Waals surface area (Å²) in [6.07, 6.45) is 4.81. The topological polar surface area (TPSA) is 46.1 Å². The maximum atomic E-state index is 12.9. The fraction of sp³-hybridized carbons (Fsp3) is 0.421. The minimum absolute atomic E-state index is 0.0346. The number of nitrogens with zero attached hydrogens (tertiary/aromatic N) is 3. The summed E-state index contributed by atoms with van der Waals surface area (Å²) in [4.78, 5) is 23.3. The van der Waals surface area contributed by atoms with Crippen molar-refractivity contribution in [3.8, 4) is 0 Å². The van der Waals surface area contributed by atoms with E-state index >= 15 is 0 Å². The van der Waals surface area contributed by atoms with Crippen molar-refractivity contribution in [2.75, 3.05) is 6.54 Å². The molecule has 1 saturated heterocycles. The summed E-state index contributed by atoms with van der Waals surface area (Å²) in [5, 5.41) is 0. The largest absolute Gasteiger partial charge is 0.334 e. The van der Waals surface area contributed by atoms with Gasteiger partial charge in [-0.2, -0.15) is 0 Å². The minimum atomic E-state index is 0.0346. The average Bonchev–Trinajstić information content (AvgIpc) is 3.05. The molecule has 0 spiro atoms. The van der Waals surface area contributed by atoms with Gasteiger partial charge < -0.3 is 4.90 Å². The molecule has 0 unspecified atom stereocenters. The zero-order valence-electron chi connectivity index (χ0n) is 13.8. The third-order valence-electron chi connectivity index (χ3n) is 4.69. The number of aromatic nitrogens is 2. The molecule has 0 saturated carbocycles. The van der Waals surface area contributed by atoms with Gasteiger partial charge in [0.1, 0.15) is 11.5 Å². The Labute approximate surface area is 137 Å². The summed E-state index contributed by atoms with van der Waals surface area (Å²) in [5.74, 6) is 1.06. The summed E-state index contributed by atoms with van der Waals surface area (Å²) in [6, 6.07) is 12.5. The smallest absolute Gasteiger partial charge is 0.272 e. The summed E-state index contributed by atoms with van der Waals surface area (Å²) < 4.78 is 0. The van der Waals surface area contributed by atoms with E-state index in [1.807, 2.05) is 17.9 Å². The van der Waals surface area contributed by atoms with Crippen LogP contribution in [0.2, 0.25) is 0 Å². The maximum absolute atomic E-state index is 12.9. The molecule has 0 N–H and O–H groups in total. The van der Waals surface area contributed by atoms with Crippen molar-refractivity contribution in [3.05, 3.63) is 59.7 Å². The fourth-order valence-corrected chi connectivity index (χ4v) is 3.62. The molecule has 4 nitrogen and oxygen atoms in total. The van der Waals surface area contributed by atoms with Gasteiger partial charge in [0, 0.05) is 24.7 Å². The molecule has 0 bridgehead atoms. The van der Waals surface area contributed by atoms with Gasteiger partial charge in [-0.1, -0.05) is 37.3 Å². The summed E-state index contributed by atoms with van der Waals surface area (Å²) >= 11 is 0. The van der Waals surface area contributed by atoms with Gasteiger partial charge in [0.2, 0.25) is 0 Å². The molecule has 0 radical (unpaired) electrons. The second-order valence-corrected chi connectivity index (χ2v) is 6.12. The lowest BCUT2D eigenvalue weighted by Gasteiger charge is -2.31. The van der Waals surface area contributed by atoms with Crippen molar-refractivity contribution >= 4 is 5.91 Å². The van der Waals surface area contributed by atoms with Gasteiger partial charge in [-0.05, 0) is 37.8 Å². The molecule has 1 aliphatic rings. The zero-order chi connectivity index (χ0) is 16.2. The molecule has 1 aliphatic heterocycles. The molecule has 1 aromatic heterocycles. The van der Waals surface area contributed by atoms with Crippen molar-refractivity contribution in [3.63, 3.8) is 0 Å². The SMILES string of the molecule is CC[C@@H](c1ccccc1)[C@@H]1CCCN1C(=O)c1ccnc(C)n1. The van der Waals surface area contributed by atoms with Gasteiger partial charge in [-0.25, -0.2) is 9.97 Å². The molecule has 2 aromatic rings. The van der Waals surface area contributed by atoms with E-state index in [0.717, 1.165) is 25.8 Å². The number of carbonyl (C=O) groups is 1. The van der Waals surface area contributed by atoms with Crippen LogP contribution in [0.4, 0.5) is 0 Å². The molecule has 23 heavy (non-hydrogen) atoms. The maximum Gasteiger partial charge on any atom is 0.272 e. The Balaban J connectivity index is 1.86. The molecule has 1 fully saturated rings. The number of aryl methyl sites for hydroxylation is 1. The number of hydrogen-bond acceptors (Lipinski definition) is 3. The van der Waals surface area contributed by atoms with Gasteiger partial charge in [0.15, 0.2) is 0 Å². The van der Waals surface area contributed by atoms with Gasteiger partial charge in [-0.15, -0.1) is 0 Å². The quantitative estimate of drug-likeness (QED) is 0.867. The normalized spacial score (nSPS) is 18.9. The number of carbonyl (C=O) groups excluding carboxylic acids is 1. The monoisotopic (exact) mass is 309 g/mol.